The number of rotatable bonds is 7. The molecule has 0 saturated carbocycles. The van der Waals surface area contributed by atoms with E-state index in [1.165, 1.54) is 34.9 Å². The first kappa shape index (κ1) is 19.9. The number of ether oxygens (including phenoxy) is 1. The Kier molecular flexibility index (Phi) is 6.02. The molecule has 144 valence electrons. The van der Waals surface area contributed by atoms with Crippen LogP contribution in [0.5, 0.6) is 0 Å². The quantitative estimate of drug-likeness (QED) is 0.292. The van der Waals surface area contributed by atoms with Crippen molar-refractivity contribution in [2.75, 3.05) is 0 Å². The van der Waals surface area contributed by atoms with Crippen molar-refractivity contribution >= 4 is 51.1 Å². The first-order valence-corrected chi connectivity index (χ1v) is 10.2. The molecule has 0 aliphatic rings. The fourth-order valence-corrected chi connectivity index (χ4v) is 4.71. The molecule has 0 radical (unpaired) electrons. The van der Waals surface area contributed by atoms with E-state index in [2.05, 4.69) is 4.98 Å². The van der Waals surface area contributed by atoms with Gasteiger partial charge in [0, 0.05) is 34.2 Å². The molecule has 0 spiro atoms. The lowest BCUT2D eigenvalue weighted by molar-refractivity contribution is -0.387. The molecule has 0 fully saturated rings. The minimum absolute atomic E-state index is 0.0242. The van der Waals surface area contributed by atoms with Gasteiger partial charge in [-0.05, 0) is 19.1 Å². The molecule has 3 rings (SSSR count). The van der Waals surface area contributed by atoms with E-state index in [-0.39, 0.29) is 22.9 Å². The second kappa shape index (κ2) is 8.46. The van der Waals surface area contributed by atoms with Crippen molar-refractivity contribution in [1.29, 1.82) is 0 Å². The number of hydrogen-bond donors (Lipinski definition) is 0. The molecule has 0 aliphatic carbocycles. The smallest absolute Gasteiger partial charge is 0.338 e. The molecule has 12 heteroatoms. The van der Waals surface area contributed by atoms with Crippen LogP contribution in [-0.4, -0.2) is 20.8 Å². The fourth-order valence-electron chi connectivity index (χ4n) is 2.11. The molecule has 0 N–H and O–H groups in total. The molecule has 0 aliphatic heterocycles. The highest BCUT2D eigenvalue weighted by Crippen LogP contribution is 2.37. The zero-order valence-electron chi connectivity index (χ0n) is 14.2. The number of thiophene rings is 1. The van der Waals surface area contributed by atoms with Crippen molar-refractivity contribution in [3.8, 4) is 0 Å². The zero-order valence-corrected chi connectivity index (χ0v) is 16.6. The van der Waals surface area contributed by atoms with Gasteiger partial charge in [-0.3, -0.25) is 20.2 Å². The van der Waals surface area contributed by atoms with Crippen molar-refractivity contribution in [1.82, 2.24) is 4.98 Å². The lowest BCUT2D eigenvalue weighted by Crippen LogP contribution is -2.06. The highest BCUT2D eigenvalue weighted by Gasteiger charge is 2.20. The summed E-state index contributed by atoms with van der Waals surface area (Å²) in [7, 11) is 0. The molecule has 0 bridgehead atoms. The number of aryl methyl sites for hydroxylation is 1. The van der Waals surface area contributed by atoms with Crippen LogP contribution < -0.4 is 0 Å². The number of esters is 1. The van der Waals surface area contributed by atoms with Crippen LogP contribution in [0.3, 0.4) is 0 Å². The molecule has 2 heterocycles. The monoisotopic (exact) mass is 437 g/mol. The van der Waals surface area contributed by atoms with Crippen LogP contribution in [0.25, 0.3) is 0 Å². The predicted octanol–water partition coefficient (Wildman–Crippen LogP) is 4.84. The van der Waals surface area contributed by atoms with E-state index in [1.54, 1.807) is 0 Å². The normalized spacial score (nSPS) is 10.6. The van der Waals surface area contributed by atoms with Gasteiger partial charge in [0.05, 0.1) is 20.3 Å². The van der Waals surface area contributed by atoms with E-state index in [0.717, 1.165) is 34.9 Å². The van der Waals surface area contributed by atoms with Crippen LogP contribution in [0.2, 0.25) is 0 Å². The molecular formula is C16H11N3O6S3. The summed E-state index contributed by atoms with van der Waals surface area (Å²) in [6.07, 6.45) is 0. The molecule has 1 aromatic carbocycles. The summed E-state index contributed by atoms with van der Waals surface area (Å²) >= 11 is 3.45. The van der Waals surface area contributed by atoms with Crippen LogP contribution in [-0.2, 0) is 11.3 Å². The van der Waals surface area contributed by atoms with Crippen LogP contribution >= 0.6 is 34.4 Å². The number of benzene rings is 1. The number of nitro groups is 2. The Morgan fingerprint density at radius 1 is 1.18 bits per heavy atom. The molecule has 28 heavy (non-hydrogen) atoms. The molecular weight excluding hydrogens is 426 g/mol. The standard InChI is InChI=1S/C16H11N3O6S3/c1-9-7-27-16(17-9)28-13-3-2-11(5-12(13)18(21)22)15(20)25-6-10-4-14(19(23)24)26-8-10/h2-5,7-8H,6H2,1H3. The maximum Gasteiger partial charge on any atom is 0.338 e. The maximum atomic E-state index is 12.2. The van der Waals surface area contributed by atoms with Crippen molar-refractivity contribution in [3.63, 3.8) is 0 Å². The molecule has 3 aromatic rings. The van der Waals surface area contributed by atoms with Gasteiger partial charge in [-0.25, -0.2) is 9.78 Å². The third-order valence-corrected chi connectivity index (χ3v) is 6.43. The largest absolute Gasteiger partial charge is 0.457 e. The van der Waals surface area contributed by atoms with Crippen LogP contribution in [0.4, 0.5) is 10.7 Å². The lowest BCUT2D eigenvalue weighted by atomic mass is 10.2. The van der Waals surface area contributed by atoms with Crippen molar-refractivity contribution in [2.24, 2.45) is 0 Å². The average molecular weight is 437 g/mol. The average Bonchev–Trinajstić information content (AvgIpc) is 3.29. The zero-order chi connectivity index (χ0) is 20.3. The number of carbonyl (C=O) groups excluding carboxylic acids is 1. The molecule has 0 amide bonds. The molecule has 0 unspecified atom stereocenters. The van der Waals surface area contributed by atoms with E-state index >= 15 is 0 Å². The van der Waals surface area contributed by atoms with Gasteiger partial charge in [0.1, 0.15) is 6.61 Å². The van der Waals surface area contributed by atoms with E-state index in [0.29, 0.717) is 14.8 Å². The summed E-state index contributed by atoms with van der Waals surface area (Å²) in [4.78, 5) is 37.8. The summed E-state index contributed by atoms with van der Waals surface area (Å²) in [5, 5.41) is 25.4. The molecule has 0 atom stereocenters. The van der Waals surface area contributed by atoms with Gasteiger partial charge in [-0.15, -0.1) is 11.3 Å². The van der Waals surface area contributed by atoms with Gasteiger partial charge in [0.25, 0.3) is 5.69 Å². The maximum absolute atomic E-state index is 12.2. The first-order chi connectivity index (χ1) is 13.3. The number of aromatic nitrogens is 1. The van der Waals surface area contributed by atoms with Gasteiger partial charge < -0.3 is 4.74 Å². The SMILES string of the molecule is Cc1csc(Sc2ccc(C(=O)OCc3csc([N+](=O)[O-])c3)cc2[N+](=O)[O-])n1. The van der Waals surface area contributed by atoms with E-state index in [9.17, 15) is 25.0 Å². The van der Waals surface area contributed by atoms with Crippen LogP contribution in [0.15, 0.2) is 44.3 Å². The Hall–Kier alpha value is -2.83. The van der Waals surface area contributed by atoms with E-state index in [4.69, 9.17) is 4.74 Å². The number of thiazole rings is 1. The molecule has 9 nitrogen and oxygen atoms in total. The van der Waals surface area contributed by atoms with Gasteiger partial charge in [-0.1, -0.05) is 23.1 Å². The number of carbonyl (C=O) groups is 1. The molecule has 2 aromatic heterocycles. The second-order valence-electron chi connectivity index (χ2n) is 5.42. The Labute approximate surface area is 170 Å². The third-order valence-electron chi connectivity index (χ3n) is 3.38. The van der Waals surface area contributed by atoms with Crippen LogP contribution in [0.1, 0.15) is 21.6 Å². The lowest BCUT2D eigenvalue weighted by Gasteiger charge is -2.05. The second-order valence-corrected chi connectivity index (χ2v) is 8.46. The minimum atomic E-state index is -0.751. The van der Waals surface area contributed by atoms with Gasteiger partial charge in [-0.2, -0.15) is 0 Å². The van der Waals surface area contributed by atoms with Crippen molar-refractivity contribution in [3.05, 3.63) is 72.1 Å². The highest BCUT2D eigenvalue weighted by atomic mass is 32.2. The van der Waals surface area contributed by atoms with E-state index < -0.39 is 15.8 Å². The van der Waals surface area contributed by atoms with E-state index in [1.807, 2.05) is 12.3 Å². The van der Waals surface area contributed by atoms with Gasteiger partial charge in [0.2, 0.25) is 0 Å². The van der Waals surface area contributed by atoms with Crippen LogP contribution in [0, 0.1) is 27.2 Å². The predicted molar refractivity (Wildman–Crippen MR) is 104 cm³/mol. The minimum Gasteiger partial charge on any atom is -0.457 e. The Morgan fingerprint density at radius 2 is 1.96 bits per heavy atom. The fraction of sp³-hybridized carbons (Fsp3) is 0.125. The number of hydrogen-bond acceptors (Lipinski definition) is 10. The topological polar surface area (TPSA) is 125 Å². The first-order valence-electron chi connectivity index (χ1n) is 7.61. The Balaban J connectivity index is 1.73. The summed E-state index contributed by atoms with van der Waals surface area (Å²) in [6, 6.07) is 5.39. The van der Waals surface area contributed by atoms with Crippen molar-refractivity contribution < 1.29 is 19.4 Å². The van der Waals surface area contributed by atoms with Gasteiger partial charge in [0.15, 0.2) is 4.34 Å². The summed E-state index contributed by atoms with van der Waals surface area (Å²) < 4.78 is 5.77. The highest BCUT2D eigenvalue weighted by molar-refractivity contribution is 8.01. The summed E-state index contributed by atoms with van der Waals surface area (Å²) in [6.45, 7) is 1.67. The Morgan fingerprint density at radius 3 is 2.57 bits per heavy atom. The third kappa shape index (κ3) is 4.71. The van der Waals surface area contributed by atoms with Crippen molar-refractivity contribution in [2.45, 2.75) is 22.8 Å². The number of nitro benzene ring substituents is 1. The Bertz CT molecular complexity index is 1060. The summed E-state index contributed by atoms with van der Waals surface area (Å²) in [5.74, 6) is -0.751. The summed E-state index contributed by atoms with van der Waals surface area (Å²) in [5.41, 5.74) is 1.10. The molecule has 0 saturated heterocycles. The number of nitrogens with zero attached hydrogens (tertiary/aromatic N) is 3. The van der Waals surface area contributed by atoms with Gasteiger partial charge >= 0.3 is 11.0 Å².